The second-order valence-electron chi connectivity index (χ2n) is 4.63. The number of benzene rings is 1. The molecule has 0 unspecified atom stereocenters. The van der Waals surface area contributed by atoms with Gasteiger partial charge in [0.05, 0.1) is 6.42 Å². The van der Waals surface area contributed by atoms with Gasteiger partial charge in [0, 0.05) is 5.56 Å². The van der Waals surface area contributed by atoms with Crippen LogP contribution in [-0.4, -0.2) is 34.1 Å². The first kappa shape index (κ1) is 16.2. The number of amides is 1. The molecule has 0 aliphatic heterocycles. The standard InChI is InChI=1S/C15H12FNO6/c16-9-3-1-8(2-4-9)11-5-6-12(23-11)14(20)17-10(15(21)22)7-13(18)19/h1-6,10H,7H2,(H,17,20)(H,18,19)(H,21,22)/t10-/m0/s1. The number of aliphatic carboxylic acids is 2. The van der Waals surface area contributed by atoms with Crippen molar-refractivity contribution in [1.29, 1.82) is 0 Å². The number of hydrogen-bond acceptors (Lipinski definition) is 4. The second kappa shape index (κ2) is 6.73. The van der Waals surface area contributed by atoms with E-state index in [1.54, 1.807) is 0 Å². The van der Waals surface area contributed by atoms with Crippen molar-refractivity contribution >= 4 is 17.8 Å². The van der Waals surface area contributed by atoms with E-state index >= 15 is 0 Å². The summed E-state index contributed by atoms with van der Waals surface area (Å²) in [5.41, 5.74) is 0.533. The average Bonchev–Trinajstić information content (AvgIpc) is 2.96. The van der Waals surface area contributed by atoms with E-state index in [4.69, 9.17) is 14.6 Å². The Kier molecular flexibility index (Phi) is 4.75. The summed E-state index contributed by atoms with van der Waals surface area (Å²) in [6.07, 6.45) is -0.757. The molecule has 3 N–H and O–H groups in total. The van der Waals surface area contributed by atoms with E-state index in [-0.39, 0.29) is 5.76 Å². The Hall–Kier alpha value is -3.16. The number of carboxylic acid groups (broad SMARTS) is 2. The van der Waals surface area contributed by atoms with Crippen LogP contribution in [0.2, 0.25) is 0 Å². The van der Waals surface area contributed by atoms with Crippen molar-refractivity contribution in [3.63, 3.8) is 0 Å². The Balaban J connectivity index is 2.12. The summed E-state index contributed by atoms with van der Waals surface area (Å²) in [6, 6.07) is 6.58. The minimum absolute atomic E-state index is 0.180. The molecule has 23 heavy (non-hydrogen) atoms. The number of carbonyl (C=O) groups is 3. The lowest BCUT2D eigenvalue weighted by Crippen LogP contribution is -2.42. The molecule has 0 aliphatic rings. The highest BCUT2D eigenvalue weighted by atomic mass is 19.1. The Labute approximate surface area is 129 Å². The van der Waals surface area contributed by atoms with E-state index in [9.17, 15) is 18.8 Å². The number of rotatable bonds is 6. The minimum atomic E-state index is -1.57. The van der Waals surface area contributed by atoms with Gasteiger partial charge in [-0.15, -0.1) is 0 Å². The second-order valence-corrected chi connectivity index (χ2v) is 4.63. The van der Waals surface area contributed by atoms with E-state index in [1.807, 2.05) is 0 Å². The van der Waals surface area contributed by atoms with Crippen LogP contribution in [0, 0.1) is 5.82 Å². The summed E-state index contributed by atoms with van der Waals surface area (Å²) in [7, 11) is 0. The van der Waals surface area contributed by atoms with Crippen molar-refractivity contribution in [2.45, 2.75) is 12.5 Å². The number of halogens is 1. The molecule has 0 bridgehead atoms. The molecule has 1 atom stereocenters. The van der Waals surface area contributed by atoms with Gasteiger partial charge >= 0.3 is 11.9 Å². The summed E-state index contributed by atoms with van der Waals surface area (Å²) in [4.78, 5) is 33.4. The lowest BCUT2D eigenvalue weighted by Gasteiger charge is -2.10. The van der Waals surface area contributed by atoms with Crippen molar-refractivity contribution in [3.8, 4) is 11.3 Å². The van der Waals surface area contributed by atoms with E-state index < -0.39 is 36.1 Å². The van der Waals surface area contributed by atoms with Gasteiger partial charge in [0.25, 0.3) is 5.91 Å². The zero-order chi connectivity index (χ0) is 17.0. The van der Waals surface area contributed by atoms with Crippen LogP contribution in [0.5, 0.6) is 0 Å². The molecule has 0 spiro atoms. The van der Waals surface area contributed by atoms with E-state index in [0.29, 0.717) is 11.3 Å². The molecular formula is C15H12FNO6. The van der Waals surface area contributed by atoms with Crippen molar-refractivity contribution in [2.75, 3.05) is 0 Å². The van der Waals surface area contributed by atoms with Crippen LogP contribution in [0.4, 0.5) is 4.39 Å². The third kappa shape index (κ3) is 4.16. The summed E-state index contributed by atoms with van der Waals surface area (Å²) in [5, 5.41) is 19.6. The minimum Gasteiger partial charge on any atom is -0.481 e. The van der Waals surface area contributed by atoms with Gasteiger partial charge < -0.3 is 19.9 Å². The van der Waals surface area contributed by atoms with E-state index in [0.717, 1.165) is 0 Å². The summed E-state index contributed by atoms with van der Waals surface area (Å²) in [6.45, 7) is 0. The van der Waals surface area contributed by atoms with Crippen LogP contribution in [0.25, 0.3) is 11.3 Å². The molecule has 2 aromatic rings. The van der Waals surface area contributed by atoms with Crippen LogP contribution in [0.15, 0.2) is 40.8 Å². The van der Waals surface area contributed by atoms with Crippen LogP contribution in [-0.2, 0) is 9.59 Å². The fraction of sp³-hybridized carbons (Fsp3) is 0.133. The van der Waals surface area contributed by atoms with Crippen molar-refractivity contribution in [1.82, 2.24) is 5.32 Å². The first-order valence-electron chi connectivity index (χ1n) is 6.48. The van der Waals surface area contributed by atoms with E-state index in [2.05, 4.69) is 5.32 Å². The highest BCUT2D eigenvalue weighted by Gasteiger charge is 2.25. The molecule has 7 nitrogen and oxygen atoms in total. The Morgan fingerprint density at radius 2 is 1.74 bits per heavy atom. The molecule has 8 heteroatoms. The third-order valence-corrected chi connectivity index (χ3v) is 2.94. The monoisotopic (exact) mass is 321 g/mol. The fourth-order valence-electron chi connectivity index (χ4n) is 1.83. The highest BCUT2D eigenvalue weighted by Crippen LogP contribution is 2.22. The molecule has 0 radical (unpaired) electrons. The SMILES string of the molecule is O=C(O)C[C@H](NC(=O)c1ccc(-c2ccc(F)cc2)o1)C(=O)O. The van der Waals surface area contributed by atoms with Crippen LogP contribution < -0.4 is 5.32 Å². The number of carbonyl (C=O) groups excluding carboxylic acids is 1. The summed E-state index contributed by atoms with van der Waals surface area (Å²) >= 11 is 0. The van der Waals surface area contributed by atoms with Crippen molar-refractivity contribution < 1.29 is 33.4 Å². The maximum atomic E-state index is 12.9. The van der Waals surface area contributed by atoms with Crippen LogP contribution in [0.1, 0.15) is 17.0 Å². The smallest absolute Gasteiger partial charge is 0.326 e. The van der Waals surface area contributed by atoms with Crippen molar-refractivity contribution in [2.24, 2.45) is 0 Å². The molecule has 2 rings (SSSR count). The predicted molar refractivity (Wildman–Crippen MR) is 75.2 cm³/mol. The normalized spacial score (nSPS) is 11.7. The van der Waals surface area contributed by atoms with Crippen molar-refractivity contribution in [3.05, 3.63) is 48.0 Å². The molecule has 0 saturated heterocycles. The zero-order valence-electron chi connectivity index (χ0n) is 11.7. The molecule has 1 aromatic heterocycles. The first-order valence-corrected chi connectivity index (χ1v) is 6.48. The maximum absolute atomic E-state index is 12.9. The van der Waals surface area contributed by atoms with Gasteiger partial charge in [0.1, 0.15) is 17.6 Å². The molecule has 1 aromatic carbocycles. The molecule has 0 saturated carbocycles. The molecule has 1 amide bonds. The lowest BCUT2D eigenvalue weighted by atomic mass is 10.2. The quantitative estimate of drug-likeness (QED) is 0.746. The lowest BCUT2D eigenvalue weighted by molar-refractivity contribution is -0.145. The van der Waals surface area contributed by atoms with Gasteiger partial charge in [-0.1, -0.05) is 0 Å². The number of nitrogens with one attached hydrogen (secondary N) is 1. The van der Waals surface area contributed by atoms with Gasteiger partial charge in [-0.3, -0.25) is 9.59 Å². The number of hydrogen-bond donors (Lipinski definition) is 3. The van der Waals surface area contributed by atoms with Gasteiger partial charge in [0.2, 0.25) is 0 Å². The Morgan fingerprint density at radius 3 is 2.30 bits per heavy atom. The zero-order valence-corrected chi connectivity index (χ0v) is 11.7. The molecule has 0 fully saturated rings. The number of furan rings is 1. The van der Waals surface area contributed by atoms with E-state index in [1.165, 1.54) is 36.4 Å². The van der Waals surface area contributed by atoms with Gasteiger partial charge in [-0.05, 0) is 36.4 Å². The highest BCUT2D eigenvalue weighted by molar-refractivity contribution is 5.95. The van der Waals surface area contributed by atoms with Crippen LogP contribution in [0.3, 0.4) is 0 Å². The molecule has 120 valence electrons. The van der Waals surface area contributed by atoms with Gasteiger partial charge in [0.15, 0.2) is 5.76 Å². The average molecular weight is 321 g/mol. The van der Waals surface area contributed by atoms with Gasteiger partial charge in [-0.2, -0.15) is 0 Å². The molecular weight excluding hydrogens is 309 g/mol. The molecule has 0 aliphatic carbocycles. The largest absolute Gasteiger partial charge is 0.481 e. The molecule has 1 heterocycles. The Morgan fingerprint density at radius 1 is 1.09 bits per heavy atom. The first-order chi connectivity index (χ1) is 10.9. The van der Waals surface area contributed by atoms with Gasteiger partial charge in [-0.25, -0.2) is 9.18 Å². The topological polar surface area (TPSA) is 117 Å². The Bertz CT molecular complexity index is 737. The third-order valence-electron chi connectivity index (χ3n) is 2.94. The maximum Gasteiger partial charge on any atom is 0.326 e. The fourth-order valence-corrected chi connectivity index (χ4v) is 1.83. The summed E-state index contributed by atoms with van der Waals surface area (Å²) < 4.78 is 18.1. The number of carboxylic acids is 2. The van der Waals surface area contributed by atoms with Crippen LogP contribution >= 0.6 is 0 Å². The predicted octanol–water partition coefficient (Wildman–Crippen LogP) is 1.74. The summed E-state index contributed by atoms with van der Waals surface area (Å²) in [5.74, 6) is -3.99.